The number of nitrogens with one attached hydrogen (secondary N) is 1. The number of amides is 1. The van der Waals surface area contributed by atoms with Gasteiger partial charge >= 0.3 is 5.97 Å². The number of ether oxygens (including phenoxy) is 1. The van der Waals surface area contributed by atoms with Crippen LogP contribution < -0.4 is 5.32 Å². The lowest BCUT2D eigenvalue weighted by Crippen LogP contribution is -2.11. The van der Waals surface area contributed by atoms with E-state index in [4.69, 9.17) is 0 Å². The first-order valence-corrected chi connectivity index (χ1v) is 6.40. The lowest BCUT2D eigenvalue weighted by molar-refractivity contribution is -0.111. The van der Waals surface area contributed by atoms with Gasteiger partial charge in [-0.2, -0.15) is 0 Å². The number of nitrogens with zero attached hydrogens (tertiary/aromatic N) is 2. The second-order valence-electron chi connectivity index (χ2n) is 3.62. The third-order valence-corrected chi connectivity index (χ3v) is 3.44. The van der Waals surface area contributed by atoms with Gasteiger partial charge in [0.2, 0.25) is 5.91 Å². The van der Waals surface area contributed by atoms with Crippen molar-refractivity contribution in [3.05, 3.63) is 42.1 Å². The second-order valence-corrected chi connectivity index (χ2v) is 4.62. The second kappa shape index (κ2) is 6.07. The average molecular weight is 289 g/mol. The average Bonchev–Trinajstić information content (AvgIpc) is 2.91. The van der Waals surface area contributed by atoms with E-state index in [0.717, 1.165) is 23.0 Å². The maximum atomic E-state index is 11.7. The Morgan fingerprint density at radius 3 is 2.70 bits per heavy atom. The summed E-state index contributed by atoms with van der Waals surface area (Å²) in [5.41, 5.74) is 0.800. The summed E-state index contributed by atoms with van der Waals surface area (Å²) in [6.45, 7) is 3.36. The van der Waals surface area contributed by atoms with Crippen LogP contribution in [0.2, 0.25) is 0 Å². The minimum absolute atomic E-state index is 0.165. The van der Waals surface area contributed by atoms with Crippen LogP contribution in [0.1, 0.15) is 9.67 Å². The van der Waals surface area contributed by atoms with E-state index in [9.17, 15) is 9.59 Å². The van der Waals surface area contributed by atoms with Crippen molar-refractivity contribution >= 4 is 29.0 Å². The van der Waals surface area contributed by atoms with Crippen molar-refractivity contribution in [3.63, 3.8) is 0 Å². The maximum Gasteiger partial charge on any atom is 0.351 e. The molecule has 0 aliphatic carbocycles. The summed E-state index contributed by atoms with van der Waals surface area (Å²) in [6.07, 6.45) is 4.35. The molecule has 102 valence electrons. The van der Waals surface area contributed by atoms with E-state index >= 15 is 0 Å². The molecule has 0 radical (unpaired) electrons. The fourth-order valence-corrected chi connectivity index (χ4v) is 2.37. The van der Waals surface area contributed by atoms with Crippen molar-refractivity contribution in [2.75, 3.05) is 12.4 Å². The van der Waals surface area contributed by atoms with Crippen LogP contribution in [0, 0.1) is 0 Å². The Hall–Kier alpha value is -2.54. The molecule has 0 aliphatic heterocycles. The van der Waals surface area contributed by atoms with Crippen LogP contribution in [0.3, 0.4) is 0 Å². The number of esters is 1. The Balaban J connectivity index is 2.44. The summed E-state index contributed by atoms with van der Waals surface area (Å²) in [7, 11) is 1.27. The molecule has 0 saturated heterocycles. The number of aromatic nitrogens is 2. The number of rotatable bonds is 4. The van der Waals surface area contributed by atoms with Crippen molar-refractivity contribution in [1.82, 2.24) is 9.97 Å². The van der Waals surface area contributed by atoms with Gasteiger partial charge in [-0.25, -0.2) is 9.78 Å². The number of methoxy groups -OCH3 is 1. The van der Waals surface area contributed by atoms with Gasteiger partial charge in [0, 0.05) is 18.0 Å². The van der Waals surface area contributed by atoms with Gasteiger partial charge in [-0.1, -0.05) is 6.58 Å². The number of anilines is 1. The zero-order valence-electron chi connectivity index (χ0n) is 10.6. The largest absolute Gasteiger partial charge is 0.465 e. The zero-order chi connectivity index (χ0) is 14.5. The van der Waals surface area contributed by atoms with Crippen LogP contribution in [-0.4, -0.2) is 29.0 Å². The maximum absolute atomic E-state index is 11.7. The molecule has 0 aromatic carbocycles. The molecule has 1 amide bonds. The fraction of sp³-hybridized carbons (Fsp3) is 0.0769. The highest BCUT2D eigenvalue weighted by molar-refractivity contribution is 7.17. The fourth-order valence-electron chi connectivity index (χ4n) is 1.42. The molecular weight excluding hydrogens is 278 g/mol. The molecule has 2 aromatic rings. The van der Waals surface area contributed by atoms with E-state index < -0.39 is 11.9 Å². The molecule has 0 aliphatic rings. The van der Waals surface area contributed by atoms with Crippen LogP contribution in [0.15, 0.2) is 37.2 Å². The van der Waals surface area contributed by atoms with Gasteiger partial charge in [0.25, 0.3) is 0 Å². The first-order valence-electron chi connectivity index (χ1n) is 5.58. The third kappa shape index (κ3) is 2.89. The van der Waals surface area contributed by atoms with Crippen molar-refractivity contribution in [2.24, 2.45) is 0 Å². The Labute approximate surface area is 119 Å². The molecule has 1 N–H and O–H groups in total. The van der Waals surface area contributed by atoms with Crippen LogP contribution >= 0.6 is 11.3 Å². The number of pyridine rings is 1. The van der Waals surface area contributed by atoms with Gasteiger partial charge in [-0.15, -0.1) is 11.3 Å². The monoisotopic (exact) mass is 289 g/mol. The number of thiazole rings is 1. The standard InChI is InChI=1S/C13H11N3O3S/c1-3-9(17)15-11-10(13(18)19-2)20-12(16-11)8-4-6-14-7-5-8/h3-7H,1H2,2H3,(H,15,17). The smallest absolute Gasteiger partial charge is 0.351 e. The van der Waals surface area contributed by atoms with E-state index in [0.29, 0.717) is 5.01 Å². The van der Waals surface area contributed by atoms with E-state index in [1.54, 1.807) is 24.5 Å². The molecular formula is C13H11N3O3S. The SMILES string of the molecule is C=CC(=O)Nc1nc(-c2ccncc2)sc1C(=O)OC. The molecule has 7 heteroatoms. The lowest BCUT2D eigenvalue weighted by atomic mass is 10.3. The summed E-state index contributed by atoms with van der Waals surface area (Å²) in [5.74, 6) is -0.831. The van der Waals surface area contributed by atoms with Gasteiger partial charge in [0.1, 0.15) is 5.01 Å². The molecule has 20 heavy (non-hydrogen) atoms. The molecule has 0 unspecified atom stereocenters. The van der Waals surface area contributed by atoms with Crippen LogP contribution in [0.25, 0.3) is 10.6 Å². The summed E-state index contributed by atoms with van der Waals surface area (Å²) in [6, 6.07) is 3.53. The molecule has 0 bridgehead atoms. The van der Waals surface area contributed by atoms with Gasteiger partial charge < -0.3 is 10.1 Å². The molecule has 2 aromatic heterocycles. The summed E-state index contributed by atoms with van der Waals surface area (Å²) >= 11 is 1.14. The normalized spacial score (nSPS) is 9.85. The molecule has 6 nitrogen and oxygen atoms in total. The van der Waals surface area contributed by atoms with E-state index in [2.05, 4.69) is 26.6 Å². The predicted octanol–water partition coefficient (Wildman–Crippen LogP) is 2.12. The Morgan fingerprint density at radius 1 is 1.40 bits per heavy atom. The van der Waals surface area contributed by atoms with E-state index in [1.807, 2.05) is 0 Å². The van der Waals surface area contributed by atoms with Gasteiger partial charge in [-0.3, -0.25) is 9.78 Å². The minimum atomic E-state index is -0.554. The van der Waals surface area contributed by atoms with Crippen LogP contribution in [0.5, 0.6) is 0 Å². The topological polar surface area (TPSA) is 81.2 Å². The van der Waals surface area contributed by atoms with Crippen molar-refractivity contribution in [2.45, 2.75) is 0 Å². The molecule has 0 fully saturated rings. The number of hydrogen-bond donors (Lipinski definition) is 1. The molecule has 0 spiro atoms. The highest BCUT2D eigenvalue weighted by Crippen LogP contribution is 2.31. The molecule has 2 heterocycles. The number of carbonyl (C=O) groups excluding carboxylic acids is 2. The molecule has 0 atom stereocenters. The summed E-state index contributed by atoms with van der Waals surface area (Å²) in [5, 5.41) is 3.08. The van der Waals surface area contributed by atoms with E-state index in [-0.39, 0.29) is 10.7 Å². The highest BCUT2D eigenvalue weighted by Gasteiger charge is 2.20. The molecule has 2 rings (SSSR count). The Bertz CT molecular complexity index is 652. The number of hydrogen-bond acceptors (Lipinski definition) is 6. The zero-order valence-corrected chi connectivity index (χ0v) is 11.4. The Kier molecular flexibility index (Phi) is 4.21. The minimum Gasteiger partial charge on any atom is -0.465 e. The van der Waals surface area contributed by atoms with Gasteiger partial charge in [0.05, 0.1) is 7.11 Å². The molecule has 0 saturated carbocycles. The van der Waals surface area contributed by atoms with Crippen molar-refractivity contribution < 1.29 is 14.3 Å². The van der Waals surface area contributed by atoms with Gasteiger partial charge in [0.15, 0.2) is 10.7 Å². The Morgan fingerprint density at radius 2 is 2.10 bits per heavy atom. The summed E-state index contributed by atoms with van der Waals surface area (Å²) in [4.78, 5) is 31.5. The van der Waals surface area contributed by atoms with Gasteiger partial charge in [-0.05, 0) is 18.2 Å². The lowest BCUT2D eigenvalue weighted by Gasteiger charge is -2.00. The number of carbonyl (C=O) groups is 2. The predicted molar refractivity (Wildman–Crippen MR) is 75.5 cm³/mol. The van der Waals surface area contributed by atoms with Crippen molar-refractivity contribution in [1.29, 1.82) is 0 Å². The first kappa shape index (κ1) is 13.9. The van der Waals surface area contributed by atoms with Crippen molar-refractivity contribution in [3.8, 4) is 10.6 Å². The van der Waals surface area contributed by atoms with Crippen LogP contribution in [-0.2, 0) is 9.53 Å². The van der Waals surface area contributed by atoms with E-state index in [1.165, 1.54) is 7.11 Å². The quantitative estimate of drug-likeness (QED) is 0.688. The highest BCUT2D eigenvalue weighted by atomic mass is 32.1. The third-order valence-electron chi connectivity index (χ3n) is 2.35. The summed E-state index contributed by atoms with van der Waals surface area (Å²) < 4.78 is 4.68. The van der Waals surface area contributed by atoms with Crippen LogP contribution in [0.4, 0.5) is 5.82 Å². The first-order chi connectivity index (χ1) is 9.65.